The fraction of sp³-hybridized carbons (Fsp3) is 0.588. The van der Waals surface area contributed by atoms with Gasteiger partial charge < -0.3 is 15.0 Å². The Labute approximate surface area is 127 Å². The van der Waals surface area contributed by atoms with E-state index >= 15 is 0 Å². The molecule has 1 aliphatic heterocycles. The average molecular weight is 290 g/mol. The van der Waals surface area contributed by atoms with Gasteiger partial charge in [0.1, 0.15) is 0 Å². The molecule has 1 fully saturated rings. The molecule has 0 atom stereocenters. The second-order valence-electron chi connectivity index (χ2n) is 5.81. The minimum absolute atomic E-state index is 0.143. The van der Waals surface area contributed by atoms with Gasteiger partial charge in [0.05, 0.1) is 19.1 Å². The van der Waals surface area contributed by atoms with Crippen molar-refractivity contribution >= 4 is 5.91 Å². The summed E-state index contributed by atoms with van der Waals surface area (Å²) >= 11 is 0. The van der Waals surface area contributed by atoms with Crippen molar-refractivity contribution in [3.63, 3.8) is 0 Å². The van der Waals surface area contributed by atoms with Gasteiger partial charge in [-0.25, -0.2) is 0 Å². The maximum atomic E-state index is 12.1. The van der Waals surface area contributed by atoms with Crippen molar-refractivity contribution in [2.75, 3.05) is 26.7 Å². The summed E-state index contributed by atoms with van der Waals surface area (Å²) in [7, 11) is 1.85. The minimum atomic E-state index is 0.143. The van der Waals surface area contributed by atoms with Crippen LogP contribution in [0.15, 0.2) is 24.3 Å². The van der Waals surface area contributed by atoms with E-state index in [9.17, 15) is 4.79 Å². The average Bonchev–Trinajstić information content (AvgIpc) is 2.50. The number of hydrogen-bond acceptors (Lipinski definition) is 3. The number of aryl methyl sites for hydroxylation is 1. The zero-order valence-corrected chi connectivity index (χ0v) is 13.1. The van der Waals surface area contributed by atoms with Crippen LogP contribution in [0.5, 0.6) is 0 Å². The molecule has 1 aliphatic rings. The molecule has 0 aromatic heterocycles. The van der Waals surface area contributed by atoms with E-state index in [2.05, 4.69) is 36.5 Å². The zero-order valence-electron chi connectivity index (χ0n) is 13.1. The number of nitrogens with zero attached hydrogens (tertiary/aromatic N) is 1. The van der Waals surface area contributed by atoms with E-state index in [4.69, 9.17) is 4.74 Å². The third kappa shape index (κ3) is 5.48. The molecule has 0 saturated carbocycles. The quantitative estimate of drug-likeness (QED) is 0.872. The summed E-state index contributed by atoms with van der Waals surface area (Å²) in [6.45, 7) is 5.29. The molecule has 0 spiro atoms. The number of hydrogen-bond donors (Lipinski definition) is 1. The SMILES string of the molecule is Cc1ccc(CN(C)C(=O)CCOC2CCNCC2)cc1. The Kier molecular flexibility index (Phi) is 6.21. The van der Waals surface area contributed by atoms with Crippen molar-refractivity contribution < 1.29 is 9.53 Å². The van der Waals surface area contributed by atoms with Gasteiger partial charge in [-0.05, 0) is 38.4 Å². The molecule has 1 heterocycles. The Balaban J connectivity index is 1.68. The number of ether oxygens (including phenoxy) is 1. The molecule has 2 rings (SSSR count). The van der Waals surface area contributed by atoms with Gasteiger partial charge in [0.15, 0.2) is 0 Å². The van der Waals surface area contributed by atoms with Crippen LogP contribution in [0.4, 0.5) is 0 Å². The van der Waals surface area contributed by atoms with E-state index in [1.54, 1.807) is 4.90 Å². The van der Waals surface area contributed by atoms with E-state index in [1.165, 1.54) is 5.56 Å². The van der Waals surface area contributed by atoms with Gasteiger partial charge >= 0.3 is 0 Å². The molecule has 0 unspecified atom stereocenters. The van der Waals surface area contributed by atoms with Gasteiger partial charge in [0.25, 0.3) is 0 Å². The third-order valence-electron chi connectivity index (χ3n) is 3.92. The summed E-state index contributed by atoms with van der Waals surface area (Å²) in [5.41, 5.74) is 2.40. The van der Waals surface area contributed by atoms with Gasteiger partial charge in [-0.1, -0.05) is 29.8 Å². The van der Waals surface area contributed by atoms with Gasteiger partial charge in [-0.2, -0.15) is 0 Å². The molecule has 4 nitrogen and oxygen atoms in total. The van der Waals surface area contributed by atoms with Crippen molar-refractivity contribution in [1.82, 2.24) is 10.2 Å². The Hall–Kier alpha value is -1.39. The molecule has 1 saturated heterocycles. The number of benzene rings is 1. The predicted octanol–water partition coefficient (Wildman–Crippen LogP) is 2.11. The van der Waals surface area contributed by atoms with Gasteiger partial charge in [-0.3, -0.25) is 4.79 Å². The molecule has 1 aromatic carbocycles. The van der Waals surface area contributed by atoms with Gasteiger partial charge in [0, 0.05) is 13.6 Å². The Bertz CT molecular complexity index is 439. The third-order valence-corrected chi connectivity index (χ3v) is 3.92. The number of carbonyl (C=O) groups is 1. The predicted molar refractivity (Wildman–Crippen MR) is 84.1 cm³/mol. The Morgan fingerprint density at radius 2 is 1.95 bits per heavy atom. The summed E-state index contributed by atoms with van der Waals surface area (Å²) in [4.78, 5) is 13.9. The van der Waals surface area contributed by atoms with E-state index in [1.807, 2.05) is 7.05 Å². The van der Waals surface area contributed by atoms with E-state index in [-0.39, 0.29) is 5.91 Å². The maximum Gasteiger partial charge on any atom is 0.224 e. The van der Waals surface area contributed by atoms with Crippen LogP contribution < -0.4 is 5.32 Å². The standard InChI is InChI=1S/C17H26N2O2/c1-14-3-5-15(6-4-14)13-19(2)17(20)9-12-21-16-7-10-18-11-8-16/h3-6,16,18H,7-13H2,1-2H3. The highest BCUT2D eigenvalue weighted by Gasteiger charge is 2.15. The van der Waals surface area contributed by atoms with Crippen LogP contribution in [-0.2, 0) is 16.1 Å². The highest BCUT2D eigenvalue weighted by Crippen LogP contribution is 2.09. The number of carbonyl (C=O) groups excluding carboxylic acids is 1. The maximum absolute atomic E-state index is 12.1. The van der Waals surface area contributed by atoms with Gasteiger partial charge in [-0.15, -0.1) is 0 Å². The molecule has 116 valence electrons. The van der Waals surface area contributed by atoms with Crippen molar-refractivity contribution in [2.24, 2.45) is 0 Å². The monoisotopic (exact) mass is 290 g/mol. The lowest BCUT2D eigenvalue weighted by atomic mass is 10.1. The number of rotatable bonds is 6. The largest absolute Gasteiger partial charge is 0.378 e. The highest BCUT2D eigenvalue weighted by molar-refractivity contribution is 5.75. The first kappa shape index (κ1) is 16.0. The lowest BCUT2D eigenvalue weighted by molar-refractivity contribution is -0.132. The van der Waals surface area contributed by atoms with Crippen LogP contribution in [0.2, 0.25) is 0 Å². The molecule has 1 N–H and O–H groups in total. The lowest BCUT2D eigenvalue weighted by Crippen LogP contribution is -2.33. The summed E-state index contributed by atoms with van der Waals surface area (Å²) in [6.07, 6.45) is 2.88. The summed E-state index contributed by atoms with van der Waals surface area (Å²) in [6, 6.07) is 8.30. The van der Waals surface area contributed by atoms with Crippen LogP contribution in [-0.4, -0.2) is 43.7 Å². The molecule has 0 bridgehead atoms. The molecule has 4 heteroatoms. The first-order valence-corrected chi connectivity index (χ1v) is 7.77. The smallest absolute Gasteiger partial charge is 0.224 e. The summed E-state index contributed by atoms with van der Waals surface area (Å²) < 4.78 is 5.78. The van der Waals surface area contributed by atoms with Crippen LogP contribution in [0, 0.1) is 6.92 Å². The number of nitrogens with one attached hydrogen (secondary N) is 1. The normalized spacial score (nSPS) is 15.9. The fourth-order valence-electron chi connectivity index (χ4n) is 2.52. The molecule has 0 aliphatic carbocycles. The summed E-state index contributed by atoms with van der Waals surface area (Å²) in [5.74, 6) is 0.143. The lowest BCUT2D eigenvalue weighted by Gasteiger charge is -2.23. The first-order chi connectivity index (χ1) is 10.1. The van der Waals surface area contributed by atoms with E-state index < -0.39 is 0 Å². The topological polar surface area (TPSA) is 41.6 Å². The molecule has 0 radical (unpaired) electrons. The van der Waals surface area contributed by atoms with Crippen LogP contribution in [0.25, 0.3) is 0 Å². The van der Waals surface area contributed by atoms with Crippen molar-refractivity contribution in [3.05, 3.63) is 35.4 Å². The second-order valence-corrected chi connectivity index (χ2v) is 5.81. The fourth-order valence-corrected chi connectivity index (χ4v) is 2.52. The van der Waals surface area contributed by atoms with Crippen LogP contribution >= 0.6 is 0 Å². The Morgan fingerprint density at radius 3 is 2.62 bits per heavy atom. The number of piperidine rings is 1. The molecule has 1 amide bonds. The van der Waals surface area contributed by atoms with Crippen LogP contribution in [0.3, 0.4) is 0 Å². The van der Waals surface area contributed by atoms with Crippen molar-refractivity contribution in [3.8, 4) is 0 Å². The van der Waals surface area contributed by atoms with Crippen molar-refractivity contribution in [1.29, 1.82) is 0 Å². The molecular weight excluding hydrogens is 264 g/mol. The van der Waals surface area contributed by atoms with Crippen LogP contribution in [0.1, 0.15) is 30.4 Å². The van der Waals surface area contributed by atoms with Gasteiger partial charge in [0.2, 0.25) is 5.91 Å². The minimum Gasteiger partial charge on any atom is -0.378 e. The summed E-state index contributed by atoms with van der Waals surface area (Å²) in [5, 5.41) is 3.31. The molecular formula is C17H26N2O2. The van der Waals surface area contributed by atoms with Crippen molar-refractivity contribution in [2.45, 2.75) is 38.8 Å². The van der Waals surface area contributed by atoms with E-state index in [0.717, 1.165) is 31.5 Å². The van der Waals surface area contributed by atoms with E-state index in [0.29, 0.717) is 25.7 Å². The molecule has 1 aromatic rings. The second kappa shape index (κ2) is 8.15. The number of amides is 1. The zero-order chi connectivity index (χ0) is 15.1. The molecule has 21 heavy (non-hydrogen) atoms. The first-order valence-electron chi connectivity index (χ1n) is 7.77. The Morgan fingerprint density at radius 1 is 1.29 bits per heavy atom. The highest BCUT2D eigenvalue weighted by atomic mass is 16.5.